The molecule has 0 saturated carbocycles. The first-order valence-corrected chi connectivity index (χ1v) is 7.46. The van der Waals surface area contributed by atoms with Gasteiger partial charge in [-0.05, 0) is 42.7 Å². The molecule has 1 unspecified atom stereocenters. The molecule has 2 amide bonds. The Hall–Kier alpha value is -2.64. The smallest absolute Gasteiger partial charge is 0.317 e. The first kappa shape index (κ1) is 16.2. The second-order valence-corrected chi connectivity index (χ2v) is 5.49. The van der Waals surface area contributed by atoms with Gasteiger partial charge in [-0.3, -0.25) is 4.98 Å². The van der Waals surface area contributed by atoms with Crippen LogP contribution in [0.5, 0.6) is 0 Å². The maximum absolute atomic E-state index is 12.5. The van der Waals surface area contributed by atoms with Gasteiger partial charge in [0, 0.05) is 18.9 Å². The number of anilines is 1. The van der Waals surface area contributed by atoms with Crippen LogP contribution in [0, 0.1) is 0 Å². The molecule has 8 heteroatoms. The SMILES string of the molecule is O=C(Nc1ccc(C(F)(F)F)nc1)N1CCCC1c1ccncc1. The zero-order valence-electron chi connectivity index (χ0n) is 12.6. The van der Waals surface area contributed by atoms with Crippen molar-refractivity contribution in [2.45, 2.75) is 25.1 Å². The highest BCUT2D eigenvalue weighted by atomic mass is 19.4. The van der Waals surface area contributed by atoms with Gasteiger partial charge in [-0.1, -0.05) is 0 Å². The third kappa shape index (κ3) is 3.47. The topological polar surface area (TPSA) is 58.1 Å². The van der Waals surface area contributed by atoms with E-state index in [1.165, 1.54) is 6.07 Å². The number of hydrogen-bond acceptors (Lipinski definition) is 3. The van der Waals surface area contributed by atoms with Crippen LogP contribution < -0.4 is 5.32 Å². The quantitative estimate of drug-likeness (QED) is 0.906. The molecule has 3 rings (SSSR count). The van der Waals surface area contributed by atoms with Crippen molar-refractivity contribution in [1.29, 1.82) is 0 Å². The standard InChI is InChI=1S/C16H15F3N4O/c17-16(18,19)14-4-3-12(10-21-14)22-15(24)23-9-1-2-13(23)11-5-7-20-8-6-11/h3-8,10,13H,1-2,9H2,(H,22,24). The minimum Gasteiger partial charge on any atom is -0.317 e. The fourth-order valence-electron chi connectivity index (χ4n) is 2.77. The summed E-state index contributed by atoms with van der Waals surface area (Å²) in [5.41, 5.74) is 0.230. The van der Waals surface area contributed by atoms with Crippen LogP contribution >= 0.6 is 0 Å². The lowest BCUT2D eigenvalue weighted by Crippen LogP contribution is -2.34. The number of nitrogens with zero attached hydrogens (tertiary/aromatic N) is 3. The molecule has 1 N–H and O–H groups in total. The number of nitrogens with one attached hydrogen (secondary N) is 1. The van der Waals surface area contributed by atoms with Gasteiger partial charge in [0.05, 0.1) is 17.9 Å². The van der Waals surface area contributed by atoms with Crippen molar-refractivity contribution in [1.82, 2.24) is 14.9 Å². The first-order valence-electron chi connectivity index (χ1n) is 7.46. The number of likely N-dealkylation sites (tertiary alicyclic amines) is 1. The largest absolute Gasteiger partial charge is 0.433 e. The molecule has 0 aromatic carbocycles. The molecule has 3 heterocycles. The van der Waals surface area contributed by atoms with Gasteiger partial charge in [-0.2, -0.15) is 13.2 Å². The molecule has 1 atom stereocenters. The van der Waals surface area contributed by atoms with Gasteiger partial charge in [0.2, 0.25) is 0 Å². The molecule has 5 nitrogen and oxygen atoms in total. The molecule has 2 aromatic rings. The number of carbonyl (C=O) groups excluding carboxylic acids is 1. The lowest BCUT2D eigenvalue weighted by atomic mass is 10.1. The van der Waals surface area contributed by atoms with E-state index in [-0.39, 0.29) is 17.8 Å². The number of aromatic nitrogens is 2. The molecule has 1 saturated heterocycles. The van der Waals surface area contributed by atoms with Crippen molar-refractivity contribution >= 4 is 11.7 Å². The summed E-state index contributed by atoms with van der Waals surface area (Å²) in [7, 11) is 0. The molecule has 1 aliphatic rings. The second kappa shape index (κ2) is 6.46. The molecule has 0 bridgehead atoms. The Morgan fingerprint density at radius 2 is 1.96 bits per heavy atom. The molecule has 0 aliphatic carbocycles. The van der Waals surface area contributed by atoms with E-state index >= 15 is 0 Å². The van der Waals surface area contributed by atoms with E-state index in [1.807, 2.05) is 12.1 Å². The van der Waals surface area contributed by atoms with Crippen LogP contribution in [0.25, 0.3) is 0 Å². The maximum atomic E-state index is 12.5. The molecule has 24 heavy (non-hydrogen) atoms. The van der Waals surface area contributed by atoms with Gasteiger partial charge in [-0.15, -0.1) is 0 Å². The fraction of sp³-hybridized carbons (Fsp3) is 0.312. The summed E-state index contributed by atoms with van der Waals surface area (Å²) in [6, 6.07) is 5.35. The predicted octanol–water partition coefficient (Wildman–Crippen LogP) is 3.86. The lowest BCUT2D eigenvalue weighted by Gasteiger charge is -2.25. The highest BCUT2D eigenvalue weighted by molar-refractivity contribution is 5.89. The summed E-state index contributed by atoms with van der Waals surface area (Å²) >= 11 is 0. The van der Waals surface area contributed by atoms with E-state index in [2.05, 4.69) is 15.3 Å². The van der Waals surface area contributed by atoms with Crippen LogP contribution in [0.2, 0.25) is 0 Å². The summed E-state index contributed by atoms with van der Waals surface area (Å²) in [6.07, 6.45) is 1.56. The molecular weight excluding hydrogens is 321 g/mol. The van der Waals surface area contributed by atoms with Crippen molar-refractivity contribution < 1.29 is 18.0 Å². The molecule has 1 fully saturated rings. The zero-order valence-corrected chi connectivity index (χ0v) is 12.6. The summed E-state index contributed by atoms with van der Waals surface area (Å²) in [4.78, 5) is 21.4. The number of hydrogen-bond donors (Lipinski definition) is 1. The first-order chi connectivity index (χ1) is 11.4. The van der Waals surface area contributed by atoms with Crippen LogP contribution in [-0.2, 0) is 6.18 Å². The van der Waals surface area contributed by atoms with E-state index in [1.54, 1.807) is 17.3 Å². The predicted molar refractivity (Wildman–Crippen MR) is 81.2 cm³/mol. The summed E-state index contributed by atoms with van der Waals surface area (Å²) < 4.78 is 37.5. The van der Waals surface area contributed by atoms with Crippen LogP contribution in [0.3, 0.4) is 0 Å². The van der Waals surface area contributed by atoms with Crippen molar-refractivity contribution in [3.8, 4) is 0 Å². The van der Waals surface area contributed by atoms with Gasteiger partial charge in [0.15, 0.2) is 0 Å². The third-order valence-corrected chi connectivity index (χ3v) is 3.91. The fourth-order valence-corrected chi connectivity index (χ4v) is 2.77. The van der Waals surface area contributed by atoms with E-state index in [4.69, 9.17) is 0 Å². The Kier molecular flexibility index (Phi) is 4.37. The number of pyridine rings is 2. The highest BCUT2D eigenvalue weighted by Crippen LogP contribution is 2.32. The van der Waals surface area contributed by atoms with Crippen molar-refractivity contribution in [3.63, 3.8) is 0 Å². The monoisotopic (exact) mass is 336 g/mol. The number of rotatable bonds is 2. The van der Waals surface area contributed by atoms with E-state index in [0.717, 1.165) is 30.7 Å². The van der Waals surface area contributed by atoms with Crippen LogP contribution in [0.4, 0.5) is 23.7 Å². The Labute approximate surface area is 136 Å². The minimum atomic E-state index is -4.50. The number of alkyl halides is 3. The van der Waals surface area contributed by atoms with Gasteiger partial charge in [-0.25, -0.2) is 9.78 Å². The van der Waals surface area contributed by atoms with Gasteiger partial charge >= 0.3 is 12.2 Å². The number of amides is 2. The minimum absolute atomic E-state index is 0.0598. The molecular formula is C16H15F3N4O. The molecule has 0 radical (unpaired) electrons. The van der Waals surface area contributed by atoms with Gasteiger partial charge in [0.25, 0.3) is 0 Å². The number of carbonyl (C=O) groups is 1. The van der Waals surface area contributed by atoms with Crippen LogP contribution in [-0.4, -0.2) is 27.4 Å². The average molecular weight is 336 g/mol. The van der Waals surface area contributed by atoms with Crippen molar-refractivity contribution in [3.05, 3.63) is 54.1 Å². The van der Waals surface area contributed by atoms with Gasteiger partial charge in [0.1, 0.15) is 5.69 Å². The molecule has 1 aliphatic heterocycles. The highest BCUT2D eigenvalue weighted by Gasteiger charge is 2.33. The number of halogens is 3. The lowest BCUT2D eigenvalue weighted by molar-refractivity contribution is -0.141. The van der Waals surface area contributed by atoms with Crippen molar-refractivity contribution in [2.75, 3.05) is 11.9 Å². The Bertz CT molecular complexity index is 704. The normalized spacial score (nSPS) is 17.8. The molecule has 126 valence electrons. The Morgan fingerprint density at radius 1 is 1.21 bits per heavy atom. The third-order valence-electron chi connectivity index (χ3n) is 3.91. The zero-order chi connectivity index (χ0) is 17.2. The molecule has 0 spiro atoms. The van der Waals surface area contributed by atoms with Gasteiger partial charge < -0.3 is 10.2 Å². The van der Waals surface area contributed by atoms with E-state index < -0.39 is 11.9 Å². The Balaban J connectivity index is 1.70. The summed E-state index contributed by atoms with van der Waals surface area (Å²) in [5.74, 6) is 0. The summed E-state index contributed by atoms with van der Waals surface area (Å²) in [5, 5.41) is 2.60. The second-order valence-electron chi connectivity index (χ2n) is 5.49. The van der Waals surface area contributed by atoms with Crippen LogP contribution in [0.1, 0.15) is 30.1 Å². The maximum Gasteiger partial charge on any atom is 0.433 e. The van der Waals surface area contributed by atoms with Crippen LogP contribution in [0.15, 0.2) is 42.9 Å². The average Bonchev–Trinajstić information content (AvgIpc) is 3.05. The van der Waals surface area contributed by atoms with Crippen molar-refractivity contribution in [2.24, 2.45) is 0 Å². The van der Waals surface area contributed by atoms with E-state index in [9.17, 15) is 18.0 Å². The summed E-state index contributed by atoms with van der Waals surface area (Å²) in [6.45, 7) is 0.590. The van der Waals surface area contributed by atoms with E-state index in [0.29, 0.717) is 6.54 Å². The number of urea groups is 1. The Morgan fingerprint density at radius 3 is 2.58 bits per heavy atom. The molecule has 2 aromatic heterocycles.